The lowest BCUT2D eigenvalue weighted by molar-refractivity contribution is 0.0136. The van der Waals surface area contributed by atoms with Crippen molar-refractivity contribution >= 4 is 0 Å². The molecule has 0 aromatic rings. The van der Waals surface area contributed by atoms with E-state index >= 15 is 0 Å². The molecular weight excluding hydrogens is 270 g/mol. The van der Waals surface area contributed by atoms with E-state index in [9.17, 15) is 5.11 Å². The molecule has 0 radical (unpaired) electrons. The van der Waals surface area contributed by atoms with E-state index < -0.39 is 11.6 Å². The molecule has 0 fully saturated rings. The molecule has 0 aromatic heterocycles. The minimum Gasteiger partial charge on any atom is -0.396 e. The Labute approximate surface area is 129 Å². The van der Waals surface area contributed by atoms with Crippen molar-refractivity contribution < 1.29 is 20.1 Å². The molecule has 0 saturated carbocycles. The minimum atomic E-state index is -0.716. The summed E-state index contributed by atoms with van der Waals surface area (Å²) < 4.78 is 5.47. The summed E-state index contributed by atoms with van der Waals surface area (Å²) in [4.78, 5) is 0. The van der Waals surface area contributed by atoms with Crippen LogP contribution in [0.2, 0.25) is 0 Å². The monoisotopic (exact) mass is 305 g/mol. The van der Waals surface area contributed by atoms with Crippen LogP contribution in [-0.4, -0.2) is 53.4 Å². The van der Waals surface area contributed by atoms with Crippen molar-refractivity contribution in [3.63, 3.8) is 0 Å². The average molecular weight is 305 g/mol. The molecule has 0 aliphatic rings. The van der Waals surface area contributed by atoms with Crippen LogP contribution in [-0.2, 0) is 4.74 Å². The SMILES string of the molecule is CCCCCCCCOCC(O)CC(N)(CCO)CCO. The summed E-state index contributed by atoms with van der Waals surface area (Å²) in [6.45, 7) is 3.06. The van der Waals surface area contributed by atoms with Gasteiger partial charge in [0.2, 0.25) is 0 Å². The van der Waals surface area contributed by atoms with Gasteiger partial charge in [0, 0.05) is 25.4 Å². The van der Waals surface area contributed by atoms with E-state index in [0.717, 1.165) is 6.42 Å². The van der Waals surface area contributed by atoms with Crippen LogP contribution in [0.25, 0.3) is 0 Å². The molecule has 0 heterocycles. The molecule has 0 aliphatic heterocycles. The number of ether oxygens (including phenoxy) is 1. The van der Waals surface area contributed by atoms with Crippen molar-refractivity contribution in [3.05, 3.63) is 0 Å². The lowest BCUT2D eigenvalue weighted by Crippen LogP contribution is -2.45. The first kappa shape index (κ1) is 20.8. The van der Waals surface area contributed by atoms with Gasteiger partial charge in [-0.2, -0.15) is 0 Å². The number of rotatable bonds is 15. The second-order valence-corrected chi connectivity index (χ2v) is 6.01. The quantitative estimate of drug-likeness (QED) is 0.344. The van der Waals surface area contributed by atoms with Gasteiger partial charge in [0.15, 0.2) is 0 Å². The number of aliphatic hydroxyl groups excluding tert-OH is 3. The van der Waals surface area contributed by atoms with Gasteiger partial charge in [0.1, 0.15) is 0 Å². The summed E-state index contributed by atoms with van der Waals surface area (Å²) in [6.07, 6.45) is 7.74. The van der Waals surface area contributed by atoms with Gasteiger partial charge >= 0.3 is 0 Å². The number of unbranched alkanes of at least 4 members (excludes halogenated alkanes) is 5. The third kappa shape index (κ3) is 12.1. The molecule has 5 nitrogen and oxygen atoms in total. The number of nitrogens with two attached hydrogens (primary N) is 1. The Balaban J connectivity index is 3.66. The fourth-order valence-electron chi connectivity index (χ4n) is 2.51. The lowest BCUT2D eigenvalue weighted by atomic mass is 9.87. The summed E-state index contributed by atoms with van der Waals surface area (Å²) in [6, 6.07) is 0. The van der Waals surface area contributed by atoms with Crippen molar-refractivity contribution in [2.24, 2.45) is 5.73 Å². The van der Waals surface area contributed by atoms with Crippen LogP contribution in [0, 0.1) is 0 Å². The molecule has 0 aromatic carbocycles. The van der Waals surface area contributed by atoms with E-state index in [0.29, 0.717) is 25.9 Å². The molecule has 1 unspecified atom stereocenters. The van der Waals surface area contributed by atoms with Gasteiger partial charge in [-0.3, -0.25) is 0 Å². The molecule has 0 amide bonds. The Morgan fingerprint density at radius 3 is 2.14 bits per heavy atom. The molecule has 0 bridgehead atoms. The summed E-state index contributed by atoms with van der Waals surface area (Å²) >= 11 is 0. The highest BCUT2D eigenvalue weighted by Gasteiger charge is 2.27. The Morgan fingerprint density at radius 2 is 1.57 bits per heavy atom. The number of aliphatic hydroxyl groups is 3. The van der Waals surface area contributed by atoms with Crippen LogP contribution in [0.1, 0.15) is 64.7 Å². The maximum absolute atomic E-state index is 9.94. The molecule has 0 saturated heterocycles. The maximum Gasteiger partial charge on any atom is 0.0791 e. The van der Waals surface area contributed by atoms with Crippen LogP contribution in [0.4, 0.5) is 0 Å². The Kier molecular flexibility index (Phi) is 13.3. The summed E-state index contributed by atoms with van der Waals surface area (Å²) in [5, 5.41) is 27.9. The molecule has 21 heavy (non-hydrogen) atoms. The largest absolute Gasteiger partial charge is 0.396 e. The summed E-state index contributed by atoms with van der Waals surface area (Å²) in [7, 11) is 0. The first-order valence-electron chi connectivity index (χ1n) is 8.34. The van der Waals surface area contributed by atoms with Crippen molar-refractivity contribution in [2.45, 2.75) is 76.4 Å². The van der Waals surface area contributed by atoms with E-state index in [2.05, 4.69) is 6.92 Å². The highest BCUT2D eigenvalue weighted by molar-refractivity contribution is 4.86. The first-order valence-corrected chi connectivity index (χ1v) is 8.34. The Bertz CT molecular complexity index is 220. The molecule has 1 atom stereocenters. The van der Waals surface area contributed by atoms with Gasteiger partial charge in [-0.05, 0) is 25.7 Å². The zero-order chi connectivity index (χ0) is 16.0. The molecule has 5 heteroatoms. The second-order valence-electron chi connectivity index (χ2n) is 6.01. The minimum absolute atomic E-state index is 0.0398. The Morgan fingerprint density at radius 1 is 1.00 bits per heavy atom. The van der Waals surface area contributed by atoms with E-state index in [-0.39, 0.29) is 19.8 Å². The highest BCUT2D eigenvalue weighted by Crippen LogP contribution is 2.18. The lowest BCUT2D eigenvalue weighted by Gasteiger charge is -2.30. The van der Waals surface area contributed by atoms with E-state index in [1.807, 2.05) is 0 Å². The molecule has 0 aliphatic carbocycles. The average Bonchev–Trinajstić information content (AvgIpc) is 2.42. The topological polar surface area (TPSA) is 95.9 Å². The molecular formula is C16H35NO4. The van der Waals surface area contributed by atoms with Crippen LogP contribution in [0.15, 0.2) is 0 Å². The molecule has 0 spiro atoms. The third-order valence-electron chi connectivity index (χ3n) is 3.81. The standard InChI is InChI=1S/C16H35NO4/c1-2-3-4-5-6-7-12-21-14-15(20)13-16(17,8-10-18)9-11-19/h15,18-20H,2-14,17H2,1H3. The predicted molar refractivity (Wildman–Crippen MR) is 85.1 cm³/mol. The second kappa shape index (κ2) is 13.5. The fraction of sp³-hybridized carbons (Fsp3) is 1.00. The van der Waals surface area contributed by atoms with E-state index in [1.165, 1.54) is 32.1 Å². The molecule has 5 N–H and O–H groups in total. The normalized spacial score (nSPS) is 13.6. The zero-order valence-corrected chi connectivity index (χ0v) is 13.6. The predicted octanol–water partition coefficient (Wildman–Crippen LogP) is 1.58. The maximum atomic E-state index is 9.94. The van der Waals surface area contributed by atoms with Crippen LogP contribution in [0.3, 0.4) is 0 Å². The van der Waals surface area contributed by atoms with Crippen molar-refractivity contribution in [1.82, 2.24) is 0 Å². The van der Waals surface area contributed by atoms with Gasteiger partial charge in [-0.1, -0.05) is 39.0 Å². The first-order chi connectivity index (χ1) is 10.1. The summed E-state index contributed by atoms with van der Waals surface area (Å²) in [5.41, 5.74) is 5.37. The van der Waals surface area contributed by atoms with Gasteiger partial charge in [0.25, 0.3) is 0 Å². The summed E-state index contributed by atoms with van der Waals surface area (Å²) in [5.74, 6) is 0. The van der Waals surface area contributed by atoms with Crippen molar-refractivity contribution in [3.8, 4) is 0 Å². The molecule has 128 valence electrons. The number of hydrogen-bond acceptors (Lipinski definition) is 5. The smallest absolute Gasteiger partial charge is 0.0791 e. The fourth-order valence-corrected chi connectivity index (χ4v) is 2.51. The van der Waals surface area contributed by atoms with Gasteiger partial charge < -0.3 is 25.8 Å². The van der Waals surface area contributed by atoms with Crippen molar-refractivity contribution in [1.29, 1.82) is 0 Å². The van der Waals surface area contributed by atoms with Crippen LogP contribution in [0.5, 0.6) is 0 Å². The van der Waals surface area contributed by atoms with Gasteiger partial charge in [-0.25, -0.2) is 0 Å². The Hall–Kier alpha value is -0.200. The van der Waals surface area contributed by atoms with Crippen molar-refractivity contribution in [2.75, 3.05) is 26.4 Å². The zero-order valence-electron chi connectivity index (χ0n) is 13.6. The number of hydrogen-bond donors (Lipinski definition) is 4. The third-order valence-corrected chi connectivity index (χ3v) is 3.81. The van der Waals surface area contributed by atoms with E-state index in [1.54, 1.807) is 0 Å². The van der Waals surface area contributed by atoms with Gasteiger partial charge in [0.05, 0.1) is 12.7 Å². The molecule has 0 rings (SSSR count). The van der Waals surface area contributed by atoms with Gasteiger partial charge in [-0.15, -0.1) is 0 Å². The highest BCUT2D eigenvalue weighted by atomic mass is 16.5. The van der Waals surface area contributed by atoms with Crippen LogP contribution >= 0.6 is 0 Å². The van der Waals surface area contributed by atoms with Crippen LogP contribution < -0.4 is 5.73 Å². The van der Waals surface area contributed by atoms with E-state index in [4.69, 9.17) is 20.7 Å².